The van der Waals surface area contributed by atoms with Gasteiger partial charge in [-0.05, 0) is 62.9 Å². The first-order valence-corrected chi connectivity index (χ1v) is 10.5. The molecular weight excluding hydrogens is 368 g/mol. The van der Waals surface area contributed by atoms with Crippen LogP contribution in [0.2, 0.25) is 0 Å². The van der Waals surface area contributed by atoms with Gasteiger partial charge in [-0.1, -0.05) is 42.1 Å². The standard InChI is InChI=1S/C22H24N4OS/c1-14-9-10-15(2)19(13-14)23-21(27)16(3)28-22-25-24-20(17-11-12-17)26(22)18-7-5-4-6-8-18/h4-10,13,16-17H,11-12H2,1-3H3,(H,23,27)/t16-/m1/s1. The lowest BCUT2D eigenvalue weighted by molar-refractivity contribution is -0.115. The van der Waals surface area contributed by atoms with E-state index in [-0.39, 0.29) is 11.2 Å². The monoisotopic (exact) mass is 392 g/mol. The third-order valence-corrected chi connectivity index (χ3v) is 5.96. The smallest absolute Gasteiger partial charge is 0.237 e. The summed E-state index contributed by atoms with van der Waals surface area (Å²) in [5.74, 6) is 1.44. The van der Waals surface area contributed by atoms with E-state index >= 15 is 0 Å². The van der Waals surface area contributed by atoms with E-state index in [1.165, 1.54) is 11.8 Å². The van der Waals surface area contributed by atoms with E-state index in [0.717, 1.165) is 46.3 Å². The molecule has 1 amide bonds. The zero-order valence-electron chi connectivity index (χ0n) is 16.3. The van der Waals surface area contributed by atoms with Crippen LogP contribution in [0.4, 0.5) is 5.69 Å². The Morgan fingerprint density at radius 1 is 1.14 bits per heavy atom. The normalized spacial score (nSPS) is 14.7. The molecule has 28 heavy (non-hydrogen) atoms. The second kappa shape index (κ2) is 7.80. The van der Waals surface area contributed by atoms with E-state index in [0.29, 0.717) is 5.92 Å². The number of aromatic nitrogens is 3. The molecule has 4 rings (SSSR count). The van der Waals surface area contributed by atoms with Crippen LogP contribution in [-0.2, 0) is 4.79 Å². The van der Waals surface area contributed by atoms with Crippen LogP contribution in [0.3, 0.4) is 0 Å². The number of aryl methyl sites for hydroxylation is 2. The van der Waals surface area contributed by atoms with E-state index in [4.69, 9.17) is 0 Å². The van der Waals surface area contributed by atoms with Gasteiger partial charge < -0.3 is 5.32 Å². The molecule has 5 nitrogen and oxygen atoms in total. The maximum Gasteiger partial charge on any atom is 0.237 e. The quantitative estimate of drug-likeness (QED) is 0.607. The zero-order chi connectivity index (χ0) is 19.7. The molecule has 0 spiro atoms. The topological polar surface area (TPSA) is 59.8 Å². The molecule has 1 N–H and O–H groups in total. The summed E-state index contributed by atoms with van der Waals surface area (Å²) in [6, 6.07) is 16.2. The highest BCUT2D eigenvalue weighted by Crippen LogP contribution is 2.41. The highest BCUT2D eigenvalue weighted by molar-refractivity contribution is 8.00. The van der Waals surface area contributed by atoms with E-state index in [9.17, 15) is 4.79 Å². The number of benzene rings is 2. The Labute approximate surface area is 169 Å². The summed E-state index contributed by atoms with van der Waals surface area (Å²) in [5.41, 5.74) is 4.08. The lowest BCUT2D eigenvalue weighted by Gasteiger charge is -2.15. The first-order chi connectivity index (χ1) is 13.5. The maximum absolute atomic E-state index is 12.8. The molecule has 1 atom stereocenters. The second-order valence-corrected chi connectivity index (χ2v) is 8.66. The Kier molecular flexibility index (Phi) is 5.22. The maximum atomic E-state index is 12.8. The molecule has 0 unspecified atom stereocenters. The molecule has 144 valence electrons. The SMILES string of the molecule is Cc1ccc(C)c(NC(=O)[C@@H](C)Sc2nnc(C3CC3)n2-c2ccccc2)c1. The van der Waals surface area contributed by atoms with Crippen LogP contribution in [0.5, 0.6) is 0 Å². The molecule has 1 fully saturated rings. The minimum absolute atomic E-state index is 0.0331. The van der Waals surface area contributed by atoms with Crippen molar-refractivity contribution in [2.75, 3.05) is 5.32 Å². The number of nitrogens with zero attached hydrogens (tertiary/aromatic N) is 3. The number of amides is 1. The minimum atomic E-state index is -0.293. The highest BCUT2D eigenvalue weighted by atomic mass is 32.2. The number of para-hydroxylation sites is 1. The first kappa shape index (κ1) is 18.7. The van der Waals surface area contributed by atoms with Gasteiger partial charge in [0, 0.05) is 17.3 Å². The van der Waals surface area contributed by atoms with Crippen molar-refractivity contribution in [1.29, 1.82) is 0 Å². The van der Waals surface area contributed by atoms with Crippen molar-refractivity contribution in [3.8, 4) is 5.69 Å². The fraction of sp³-hybridized carbons (Fsp3) is 0.318. The fourth-order valence-corrected chi connectivity index (χ4v) is 3.97. The molecule has 6 heteroatoms. The minimum Gasteiger partial charge on any atom is -0.325 e. The molecule has 1 aliphatic carbocycles. The Morgan fingerprint density at radius 2 is 1.89 bits per heavy atom. The van der Waals surface area contributed by atoms with E-state index in [1.807, 2.05) is 57.2 Å². The second-order valence-electron chi connectivity index (χ2n) is 7.35. The predicted molar refractivity (Wildman–Crippen MR) is 113 cm³/mol. The summed E-state index contributed by atoms with van der Waals surface area (Å²) in [7, 11) is 0. The molecule has 0 radical (unpaired) electrons. The van der Waals surface area contributed by atoms with E-state index in [2.05, 4.69) is 32.2 Å². The molecule has 1 heterocycles. The number of nitrogens with one attached hydrogen (secondary N) is 1. The van der Waals surface area contributed by atoms with Gasteiger partial charge >= 0.3 is 0 Å². The predicted octanol–water partition coefficient (Wildman–Crippen LogP) is 4.88. The van der Waals surface area contributed by atoms with Gasteiger partial charge in [-0.15, -0.1) is 10.2 Å². The van der Waals surface area contributed by atoms with E-state index < -0.39 is 0 Å². The van der Waals surface area contributed by atoms with Crippen molar-refractivity contribution >= 4 is 23.4 Å². The van der Waals surface area contributed by atoms with Gasteiger partial charge in [0.05, 0.1) is 5.25 Å². The fourth-order valence-electron chi connectivity index (χ4n) is 3.10. The van der Waals surface area contributed by atoms with Crippen molar-refractivity contribution in [3.05, 3.63) is 65.5 Å². The number of hydrogen-bond acceptors (Lipinski definition) is 4. The molecule has 1 aliphatic rings. The molecular formula is C22H24N4OS. The average molecular weight is 393 g/mol. The summed E-state index contributed by atoms with van der Waals surface area (Å²) in [4.78, 5) is 12.8. The van der Waals surface area contributed by atoms with Crippen LogP contribution in [0, 0.1) is 13.8 Å². The highest BCUT2D eigenvalue weighted by Gasteiger charge is 2.31. The zero-order valence-corrected chi connectivity index (χ0v) is 17.2. The van der Waals surface area contributed by atoms with Crippen molar-refractivity contribution in [2.45, 2.75) is 49.9 Å². The third kappa shape index (κ3) is 3.97. The summed E-state index contributed by atoms with van der Waals surface area (Å²) in [5, 5.41) is 12.4. The molecule has 2 aromatic carbocycles. The van der Waals surface area contributed by atoms with Gasteiger partial charge in [-0.2, -0.15) is 0 Å². The number of carbonyl (C=O) groups is 1. The number of carbonyl (C=O) groups excluding carboxylic acids is 1. The Bertz CT molecular complexity index is 995. The van der Waals surface area contributed by atoms with Crippen LogP contribution in [0.1, 0.15) is 42.6 Å². The lowest BCUT2D eigenvalue weighted by Crippen LogP contribution is -2.23. The molecule has 3 aromatic rings. The van der Waals surface area contributed by atoms with E-state index in [1.54, 1.807) is 0 Å². The number of rotatable bonds is 6. The summed E-state index contributed by atoms with van der Waals surface area (Å²) in [6.07, 6.45) is 2.30. The summed E-state index contributed by atoms with van der Waals surface area (Å²) in [6.45, 7) is 5.93. The van der Waals surface area contributed by atoms with Gasteiger partial charge in [0.15, 0.2) is 5.16 Å². The number of thioether (sulfide) groups is 1. The molecule has 0 aliphatic heterocycles. The molecule has 0 bridgehead atoms. The Hall–Kier alpha value is -2.60. The third-order valence-electron chi connectivity index (χ3n) is 4.92. The van der Waals surface area contributed by atoms with Crippen LogP contribution in [0.25, 0.3) is 5.69 Å². The van der Waals surface area contributed by atoms with Gasteiger partial charge in [-0.25, -0.2) is 0 Å². The number of anilines is 1. The summed E-state index contributed by atoms with van der Waals surface area (Å²) >= 11 is 1.45. The molecule has 1 saturated carbocycles. The van der Waals surface area contributed by atoms with Crippen molar-refractivity contribution < 1.29 is 4.79 Å². The average Bonchev–Trinajstić information content (AvgIpc) is 3.46. The molecule has 0 saturated heterocycles. The first-order valence-electron chi connectivity index (χ1n) is 9.58. The number of hydrogen-bond donors (Lipinski definition) is 1. The van der Waals surface area contributed by atoms with Gasteiger partial charge in [-0.3, -0.25) is 9.36 Å². The van der Waals surface area contributed by atoms with Crippen LogP contribution >= 0.6 is 11.8 Å². The van der Waals surface area contributed by atoms with Crippen molar-refractivity contribution in [2.24, 2.45) is 0 Å². The summed E-state index contributed by atoms with van der Waals surface area (Å²) < 4.78 is 2.10. The van der Waals surface area contributed by atoms with Gasteiger partial charge in [0.1, 0.15) is 5.82 Å². The molecule has 1 aromatic heterocycles. The van der Waals surface area contributed by atoms with Crippen LogP contribution in [0.15, 0.2) is 53.7 Å². The lowest BCUT2D eigenvalue weighted by atomic mass is 10.1. The van der Waals surface area contributed by atoms with Crippen molar-refractivity contribution in [1.82, 2.24) is 14.8 Å². The van der Waals surface area contributed by atoms with Gasteiger partial charge in [0.25, 0.3) is 0 Å². The van der Waals surface area contributed by atoms with Gasteiger partial charge in [0.2, 0.25) is 5.91 Å². The van der Waals surface area contributed by atoms with Crippen LogP contribution in [-0.4, -0.2) is 25.9 Å². The van der Waals surface area contributed by atoms with Crippen molar-refractivity contribution in [3.63, 3.8) is 0 Å². The Morgan fingerprint density at radius 3 is 2.61 bits per heavy atom. The Balaban J connectivity index is 1.55. The van der Waals surface area contributed by atoms with Crippen LogP contribution < -0.4 is 5.32 Å². The largest absolute Gasteiger partial charge is 0.325 e.